The van der Waals surface area contributed by atoms with Crippen molar-refractivity contribution >= 4 is 11.7 Å². The monoisotopic (exact) mass is 209 g/mol. The number of carbonyl (C=O) groups excluding carboxylic acids is 1. The summed E-state index contributed by atoms with van der Waals surface area (Å²) in [7, 11) is 0. The van der Waals surface area contributed by atoms with Crippen LogP contribution in [0.2, 0.25) is 0 Å². The van der Waals surface area contributed by atoms with Gasteiger partial charge in [0.05, 0.1) is 0 Å². The lowest BCUT2D eigenvalue weighted by molar-refractivity contribution is -0.124. The summed E-state index contributed by atoms with van der Waals surface area (Å²) in [5, 5.41) is 11.3. The molecule has 0 atom stereocenters. The smallest absolute Gasteiger partial charge is 0.227 e. The van der Waals surface area contributed by atoms with Crippen LogP contribution >= 0.6 is 0 Å². The third kappa shape index (κ3) is 2.56. The molecule has 0 bridgehead atoms. The van der Waals surface area contributed by atoms with Crippen LogP contribution in [-0.4, -0.2) is 36.3 Å². The standard InChI is InChI=1S/C11H19N3O/c12-10(14-7-1-2-11(14)15)8-9-3-5-13-6-4-9/h9,12-13H,1-8H2. The van der Waals surface area contributed by atoms with Gasteiger partial charge in [-0.1, -0.05) is 0 Å². The van der Waals surface area contributed by atoms with Crippen molar-refractivity contribution < 1.29 is 4.79 Å². The average molecular weight is 209 g/mol. The molecule has 2 N–H and O–H groups in total. The number of carbonyl (C=O) groups is 1. The Morgan fingerprint density at radius 3 is 2.80 bits per heavy atom. The maximum absolute atomic E-state index is 11.4. The minimum atomic E-state index is 0.147. The van der Waals surface area contributed by atoms with Gasteiger partial charge in [0.25, 0.3) is 0 Å². The summed E-state index contributed by atoms with van der Waals surface area (Å²) in [6.07, 6.45) is 4.63. The first-order chi connectivity index (χ1) is 7.27. The van der Waals surface area contributed by atoms with Gasteiger partial charge in [-0.15, -0.1) is 0 Å². The molecule has 4 heteroatoms. The molecule has 1 amide bonds. The van der Waals surface area contributed by atoms with E-state index in [1.54, 1.807) is 4.90 Å². The molecule has 4 nitrogen and oxygen atoms in total. The summed E-state index contributed by atoms with van der Waals surface area (Å²) < 4.78 is 0. The zero-order valence-corrected chi connectivity index (χ0v) is 9.09. The molecular formula is C11H19N3O. The summed E-state index contributed by atoms with van der Waals surface area (Å²) in [5.74, 6) is 1.30. The second kappa shape index (κ2) is 4.75. The molecular weight excluding hydrogens is 190 g/mol. The maximum atomic E-state index is 11.4. The van der Waals surface area contributed by atoms with Gasteiger partial charge in [0, 0.05) is 19.4 Å². The van der Waals surface area contributed by atoms with Gasteiger partial charge < -0.3 is 10.2 Å². The van der Waals surface area contributed by atoms with E-state index < -0.39 is 0 Å². The number of nitrogens with zero attached hydrogens (tertiary/aromatic N) is 1. The molecule has 0 unspecified atom stereocenters. The topological polar surface area (TPSA) is 56.2 Å². The summed E-state index contributed by atoms with van der Waals surface area (Å²) in [6.45, 7) is 2.89. The van der Waals surface area contributed by atoms with Crippen LogP contribution < -0.4 is 5.32 Å². The van der Waals surface area contributed by atoms with E-state index in [4.69, 9.17) is 5.41 Å². The van der Waals surface area contributed by atoms with Crippen molar-refractivity contribution in [2.75, 3.05) is 19.6 Å². The van der Waals surface area contributed by atoms with E-state index >= 15 is 0 Å². The summed E-state index contributed by atoms with van der Waals surface area (Å²) >= 11 is 0. The Balaban J connectivity index is 1.82. The highest BCUT2D eigenvalue weighted by molar-refractivity contribution is 5.98. The number of likely N-dealkylation sites (tertiary alicyclic amines) is 1. The Morgan fingerprint density at radius 1 is 1.47 bits per heavy atom. The van der Waals surface area contributed by atoms with Crippen molar-refractivity contribution in [3.63, 3.8) is 0 Å². The van der Waals surface area contributed by atoms with Gasteiger partial charge in [0.2, 0.25) is 5.91 Å². The second-order valence-electron chi connectivity index (χ2n) is 4.49. The molecule has 0 saturated carbocycles. The number of amidine groups is 1. The zero-order chi connectivity index (χ0) is 10.7. The van der Waals surface area contributed by atoms with Crippen LogP contribution in [0, 0.1) is 11.3 Å². The van der Waals surface area contributed by atoms with Crippen molar-refractivity contribution in [3.05, 3.63) is 0 Å². The van der Waals surface area contributed by atoms with Gasteiger partial charge in [-0.2, -0.15) is 0 Å². The molecule has 2 fully saturated rings. The van der Waals surface area contributed by atoms with Crippen LogP contribution in [0.3, 0.4) is 0 Å². The molecule has 0 aromatic heterocycles. The van der Waals surface area contributed by atoms with Gasteiger partial charge >= 0.3 is 0 Å². The Kier molecular flexibility index (Phi) is 3.36. The van der Waals surface area contributed by atoms with Crippen LogP contribution in [-0.2, 0) is 4.79 Å². The van der Waals surface area contributed by atoms with Gasteiger partial charge in [-0.05, 0) is 38.3 Å². The molecule has 2 aliphatic heterocycles. The third-order valence-corrected chi connectivity index (χ3v) is 3.34. The molecule has 0 aromatic carbocycles. The molecule has 15 heavy (non-hydrogen) atoms. The van der Waals surface area contributed by atoms with Gasteiger partial charge in [-0.3, -0.25) is 10.2 Å². The molecule has 2 saturated heterocycles. The lowest BCUT2D eigenvalue weighted by atomic mass is 9.94. The lowest BCUT2D eigenvalue weighted by Gasteiger charge is -2.25. The number of hydrogen-bond donors (Lipinski definition) is 2. The van der Waals surface area contributed by atoms with Crippen LogP contribution in [0.1, 0.15) is 32.1 Å². The van der Waals surface area contributed by atoms with Crippen LogP contribution in [0.15, 0.2) is 0 Å². The summed E-state index contributed by atoms with van der Waals surface area (Å²) in [4.78, 5) is 13.1. The predicted molar refractivity (Wildman–Crippen MR) is 58.9 cm³/mol. The van der Waals surface area contributed by atoms with Gasteiger partial charge in [-0.25, -0.2) is 0 Å². The van der Waals surface area contributed by atoms with Crippen LogP contribution in [0.4, 0.5) is 0 Å². The number of rotatable bonds is 2. The lowest BCUT2D eigenvalue weighted by Crippen LogP contribution is -2.35. The summed E-state index contributed by atoms with van der Waals surface area (Å²) in [5.41, 5.74) is 0. The van der Waals surface area contributed by atoms with E-state index in [1.807, 2.05) is 0 Å². The number of nitrogens with one attached hydrogen (secondary N) is 2. The van der Waals surface area contributed by atoms with Crippen molar-refractivity contribution in [3.8, 4) is 0 Å². The first-order valence-electron chi connectivity index (χ1n) is 5.86. The minimum absolute atomic E-state index is 0.147. The second-order valence-corrected chi connectivity index (χ2v) is 4.49. The predicted octanol–water partition coefficient (Wildman–Crippen LogP) is 0.976. The molecule has 2 heterocycles. The van der Waals surface area contributed by atoms with Crippen LogP contribution in [0.5, 0.6) is 0 Å². The molecule has 0 aromatic rings. The molecule has 0 aliphatic carbocycles. The van der Waals surface area contributed by atoms with E-state index in [-0.39, 0.29) is 5.91 Å². The minimum Gasteiger partial charge on any atom is -0.317 e. The molecule has 0 radical (unpaired) electrons. The fraction of sp³-hybridized carbons (Fsp3) is 0.818. The SMILES string of the molecule is N=C(CC1CCNCC1)N1CCCC1=O. The first-order valence-corrected chi connectivity index (χ1v) is 5.86. The van der Waals surface area contributed by atoms with E-state index in [0.29, 0.717) is 18.2 Å². The van der Waals surface area contributed by atoms with Crippen molar-refractivity contribution in [1.82, 2.24) is 10.2 Å². The van der Waals surface area contributed by atoms with E-state index in [1.165, 1.54) is 0 Å². The fourth-order valence-electron chi connectivity index (χ4n) is 2.40. The van der Waals surface area contributed by atoms with E-state index in [9.17, 15) is 4.79 Å². The quantitative estimate of drug-likeness (QED) is 0.526. The van der Waals surface area contributed by atoms with Gasteiger partial charge in [0.1, 0.15) is 5.84 Å². The van der Waals surface area contributed by atoms with Crippen LogP contribution in [0.25, 0.3) is 0 Å². The highest BCUT2D eigenvalue weighted by atomic mass is 16.2. The highest BCUT2D eigenvalue weighted by Crippen LogP contribution is 2.19. The third-order valence-electron chi connectivity index (χ3n) is 3.34. The Morgan fingerprint density at radius 2 is 2.20 bits per heavy atom. The first kappa shape index (κ1) is 10.6. The number of amides is 1. The Bertz CT molecular complexity index is 259. The largest absolute Gasteiger partial charge is 0.317 e. The molecule has 2 rings (SSSR count). The van der Waals surface area contributed by atoms with E-state index in [0.717, 1.165) is 45.3 Å². The average Bonchev–Trinajstić information content (AvgIpc) is 2.66. The zero-order valence-electron chi connectivity index (χ0n) is 9.09. The fourth-order valence-corrected chi connectivity index (χ4v) is 2.40. The number of hydrogen-bond acceptors (Lipinski definition) is 3. The van der Waals surface area contributed by atoms with Crippen molar-refractivity contribution in [1.29, 1.82) is 5.41 Å². The van der Waals surface area contributed by atoms with Gasteiger partial charge in [0.15, 0.2) is 0 Å². The maximum Gasteiger partial charge on any atom is 0.227 e. The Labute approximate surface area is 90.5 Å². The highest BCUT2D eigenvalue weighted by Gasteiger charge is 2.25. The van der Waals surface area contributed by atoms with E-state index in [2.05, 4.69) is 5.32 Å². The molecule has 0 spiro atoms. The summed E-state index contributed by atoms with van der Waals surface area (Å²) in [6, 6.07) is 0. The molecule has 84 valence electrons. The molecule has 2 aliphatic rings. The van der Waals surface area contributed by atoms with Crippen molar-refractivity contribution in [2.45, 2.75) is 32.1 Å². The normalized spacial score (nSPS) is 23.5. The Hall–Kier alpha value is -0.900. The number of piperidine rings is 1. The van der Waals surface area contributed by atoms with Crippen molar-refractivity contribution in [2.24, 2.45) is 5.92 Å².